The highest BCUT2D eigenvalue weighted by atomic mass is 35.5. The van der Waals surface area contributed by atoms with Crippen molar-refractivity contribution in [3.63, 3.8) is 0 Å². The Bertz CT molecular complexity index is 762. The highest BCUT2D eigenvalue weighted by molar-refractivity contribution is 6.35. The van der Waals surface area contributed by atoms with Gasteiger partial charge < -0.3 is 0 Å². The van der Waals surface area contributed by atoms with Crippen LogP contribution in [0.1, 0.15) is 16.7 Å². The van der Waals surface area contributed by atoms with Crippen molar-refractivity contribution in [1.29, 1.82) is 0 Å². The molecule has 3 rings (SSSR count). The predicted octanol–water partition coefficient (Wildman–Crippen LogP) is 7.18. The van der Waals surface area contributed by atoms with E-state index in [1.165, 1.54) is 0 Å². The molecule has 0 spiro atoms. The molecule has 0 bridgehead atoms. The summed E-state index contributed by atoms with van der Waals surface area (Å²) >= 11 is 25.6. The minimum Gasteiger partial charge on any atom is -0.103 e. The van der Waals surface area contributed by atoms with Crippen molar-refractivity contribution >= 4 is 46.4 Å². The zero-order valence-corrected chi connectivity index (χ0v) is 15.0. The summed E-state index contributed by atoms with van der Waals surface area (Å²) in [6.45, 7) is 0. The van der Waals surface area contributed by atoms with E-state index in [0.29, 0.717) is 15.1 Å². The average molecular weight is 382 g/mol. The Morgan fingerprint density at radius 2 is 1.00 bits per heavy atom. The smallest absolute Gasteiger partial charge is 0.103 e. The molecule has 23 heavy (non-hydrogen) atoms. The summed E-state index contributed by atoms with van der Waals surface area (Å²) in [5.74, 6) is 0. The fraction of sp³-hybridized carbons (Fsp3) is 0.0526. The Kier molecular flexibility index (Phi) is 4.89. The Morgan fingerprint density at radius 1 is 0.565 bits per heavy atom. The summed E-state index contributed by atoms with van der Waals surface area (Å²) in [5, 5.41) is 1.92. The molecule has 0 saturated carbocycles. The molecule has 0 aliphatic carbocycles. The average Bonchev–Trinajstić information content (AvgIpc) is 2.56. The normalized spacial score (nSPS) is 11.5. The topological polar surface area (TPSA) is 0 Å². The summed E-state index contributed by atoms with van der Waals surface area (Å²) < 4.78 is 0. The molecule has 0 aromatic heterocycles. The van der Waals surface area contributed by atoms with Crippen LogP contribution in [0.2, 0.25) is 15.1 Å². The molecule has 0 fully saturated rings. The lowest BCUT2D eigenvalue weighted by Gasteiger charge is -2.30. The van der Waals surface area contributed by atoms with Gasteiger partial charge in [-0.3, -0.25) is 0 Å². The number of benzene rings is 3. The van der Waals surface area contributed by atoms with E-state index in [2.05, 4.69) is 0 Å². The maximum absolute atomic E-state index is 7.15. The second kappa shape index (κ2) is 6.75. The second-order valence-electron chi connectivity index (χ2n) is 5.15. The quantitative estimate of drug-likeness (QED) is 0.333. The van der Waals surface area contributed by atoms with E-state index in [9.17, 15) is 0 Å². The molecule has 0 amide bonds. The standard InChI is InChI=1S/C19H12Cl4/c20-15-9-5-13(6-10-15)19(23,14-7-11-16(21)12-8-14)17-3-1-2-4-18(17)22/h1-12H. The first-order valence-corrected chi connectivity index (χ1v) is 8.49. The van der Waals surface area contributed by atoms with E-state index in [0.717, 1.165) is 16.7 Å². The van der Waals surface area contributed by atoms with Gasteiger partial charge in [-0.1, -0.05) is 77.3 Å². The fourth-order valence-corrected chi connectivity index (χ4v) is 3.57. The molecule has 0 aliphatic heterocycles. The number of rotatable bonds is 3. The minimum atomic E-state index is -0.923. The van der Waals surface area contributed by atoms with E-state index in [4.69, 9.17) is 46.4 Å². The first-order chi connectivity index (χ1) is 11.0. The van der Waals surface area contributed by atoms with Gasteiger partial charge in [0.1, 0.15) is 4.87 Å². The van der Waals surface area contributed by atoms with Crippen LogP contribution in [0, 0.1) is 0 Å². The Labute approximate surface area is 155 Å². The van der Waals surface area contributed by atoms with Crippen LogP contribution in [0.25, 0.3) is 0 Å². The van der Waals surface area contributed by atoms with Crippen LogP contribution in [0.5, 0.6) is 0 Å². The molecule has 0 nitrogen and oxygen atoms in total. The van der Waals surface area contributed by atoms with Crippen LogP contribution in [0.3, 0.4) is 0 Å². The van der Waals surface area contributed by atoms with Crippen molar-refractivity contribution in [3.05, 3.63) is 105 Å². The number of hydrogen-bond acceptors (Lipinski definition) is 0. The van der Waals surface area contributed by atoms with Gasteiger partial charge in [0.2, 0.25) is 0 Å². The molecule has 3 aromatic rings. The number of hydrogen-bond donors (Lipinski definition) is 0. The van der Waals surface area contributed by atoms with Crippen LogP contribution >= 0.6 is 46.4 Å². The Morgan fingerprint density at radius 3 is 1.43 bits per heavy atom. The van der Waals surface area contributed by atoms with Crippen LogP contribution in [-0.4, -0.2) is 0 Å². The SMILES string of the molecule is Clc1ccc(C(Cl)(c2ccc(Cl)cc2)c2ccccc2Cl)cc1. The van der Waals surface area contributed by atoms with Gasteiger partial charge in [-0.2, -0.15) is 0 Å². The van der Waals surface area contributed by atoms with Gasteiger partial charge in [-0.05, 0) is 41.5 Å². The molecule has 3 aromatic carbocycles. The van der Waals surface area contributed by atoms with Gasteiger partial charge in [-0.15, -0.1) is 11.6 Å². The van der Waals surface area contributed by atoms with Crippen LogP contribution in [0.4, 0.5) is 0 Å². The van der Waals surface area contributed by atoms with E-state index in [-0.39, 0.29) is 0 Å². The highest BCUT2D eigenvalue weighted by Gasteiger charge is 2.35. The molecule has 0 aliphatic rings. The lowest BCUT2D eigenvalue weighted by atomic mass is 9.84. The lowest BCUT2D eigenvalue weighted by molar-refractivity contribution is 0.880. The van der Waals surface area contributed by atoms with Gasteiger partial charge in [-0.25, -0.2) is 0 Å². The molecule has 0 saturated heterocycles. The van der Waals surface area contributed by atoms with Crippen molar-refractivity contribution in [2.45, 2.75) is 4.87 Å². The largest absolute Gasteiger partial charge is 0.121 e. The van der Waals surface area contributed by atoms with Crippen molar-refractivity contribution < 1.29 is 0 Å². The molecule has 0 radical (unpaired) electrons. The summed E-state index contributed by atoms with van der Waals surface area (Å²) in [4.78, 5) is -0.923. The Balaban J connectivity index is 2.27. The van der Waals surface area contributed by atoms with E-state index < -0.39 is 4.87 Å². The molecular weight excluding hydrogens is 370 g/mol. The summed E-state index contributed by atoms with van der Waals surface area (Å²) in [7, 11) is 0. The third-order valence-corrected chi connectivity index (χ3v) is 5.20. The van der Waals surface area contributed by atoms with Gasteiger partial charge in [0, 0.05) is 20.6 Å². The van der Waals surface area contributed by atoms with E-state index in [1.807, 2.05) is 72.8 Å². The third kappa shape index (κ3) is 3.22. The maximum Gasteiger partial charge on any atom is 0.121 e. The van der Waals surface area contributed by atoms with E-state index >= 15 is 0 Å². The van der Waals surface area contributed by atoms with Crippen molar-refractivity contribution in [3.8, 4) is 0 Å². The number of halogens is 4. The summed E-state index contributed by atoms with van der Waals surface area (Å²) in [6, 6.07) is 22.5. The molecule has 0 heterocycles. The van der Waals surface area contributed by atoms with Gasteiger partial charge >= 0.3 is 0 Å². The van der Waals surface area contributed by atoms with Crippen LogP contribution < -0.4 is 0 Å². The van der Waals surface area contributed by atoms with Crippen molar-refractivity contribution in [2.75, 3.05) is 0 Å². The summed E-state index contributed by atoms with van der Waals surface area (Å²) in [6.07, 6.45) is 0. The first-order valence-electron chi connectivity index (χ1n) is 6.98. The van der Waals surface area contributed by atoms with Crippen LogP contribution in [0.15, 0.2) is 72.8 Å². The van der Waals surface area contributed by atoms with E-state index in [1.54, 1.807) is 0 Å². The fourth-order valence-electron chi connectivity index (χ4n) is 2.58. The molecule has 0 unspecified atom stereocenters. The van der Waals surface area contributed by atoms with Crippen molar-refractivity contribution in [2.24, 2.45) is 0 Å². The van der Waals surface area contributed by atoms with Crippen LogP contribution in [-0.2, 0) is 4.87 Å². The minimum absolute atomic E-state index is 0.604. The first kappa shape index (κ1) is 16.7. The second-order valence-corrected chi connectivity index (χ2v) is 7.00. The molecule has 4 heteroatoms. The molecule has 0 N–H and O–H groups in total. The molecule has 0 atom stereocenters. The monoisotopic (exact) mass is 380 g/mol. The van der Waals surface area contributed by atoms with Gasteiger partial charge in [0.25, 0.3) is 0 Å². The zero-order chi connectivity index (χ0) is 16.4. The summed E-state index contributed by atoms with van der Waals surface area (Å²) in [5.41, 5.74) is 2.59. The molecular formula is C19H12Cl4. The van der Waals surface area contributed by atoms with Gasteiger partial charge in [0.05, 0.1) is 0 Å². The maximum atomic E-state index is 7.15. The predicted molar refractivity (Wildman–Crippen MR) is 100 cm³/mol. The highest BCUT2D eigenvalue weighted by Crippen LogP contribution is 2.46. The third-order valence-electron chi connectivity index (χ3n) is 3.73. The van der Waals surface area contributed by atoms with Crippen molar-refractivity contribution in [1.82, 2.24) is 0 Å². The number of alkyl halides is 1. The van der Waals surface area contributed by atoms with Gasteiger partial charge in [0.15, 0.2) is 0 Å². The zero-order valence-electron chi connectivity index (χ0n) is 11.9. The Hall–Kier alpha value is -1.18. The lowest BCUT2D eigenvalue weighted by Crippen LogP contribution is -2.22. The molecule has 116 valence electrons.